The maximum Gasteiger partial charge on any atom is 0.123 e. The van der Waals surface area contributed by atoms with Crippen LogP contribution in [-0.2, 0) is 6.42 Å². The van der Waals surface area contributed by atoms with Gasteiger partial charge in [-0.05, 0) is 62.1 Å². The van der Waals surface area contributed by atoms with Crippen LogP contribution in [0.4, 0.5) is 4.39 Å². The van der Waals surface area contributed by atoms with E-state index in [0.29, 0.717) is 6.54 Å². The predicted octanol–water partition coefficient (Wildman–Crippen LogP) is 5.22. The van der Waals surface area contributed by atoms with Gasteiger partial charge in [-0.1, -0.05) is 29.8 Å². The lowest BCUT2D eigenvalue weighted by Crippen LogP contribution is -1.99. The molecule has 3 N–H and O–H groups in total. The molecule has 23 heavy (non-hydrogen) atoms. The molecule has 0 aliphatic carbocycles. The lowest BCUT2D eigenvalue weighted by Gasteiger charge is -2.06. The quantitative estimate of drug-likeness (QED) is 0.619. The van der Waals surface area contributed by atoms with E-state index in [2.05, 4.69) is 4.98 Å². The second kappa shape index (κ2) is 6.73. The molecule has 4 heteroatoms. The van der Waals surface area contributed by atoms with Gasteiger partial charge in [0.2, 0.25) is 0 Å². The maximum absolute atomic E-state index is 13.6. The monoisotopic (exact) mass is 330 g/mol. The molecule has 0 amide bonds. The van der Waals surface area contributed by atoms with Crippen molar-refractivity contribution < 1.29 is 4.39 Å². The number of H-pyrrole nitrogens is 1. The average molecular weight is 331 g/mol. The van der Waals surface area contributed by atoms with E-state index >= 15 is 0 Å². The number of unbranched alkanes of at least 4 members (excludes halogenated alkanes) is 1. The van der Waals surface area contributed by atoms with Gasteiger partial charge in [0.15, 0.2) is 0 Å². The van der Waals surface area contributed by atoms with Crippen LogP contribution in [-0.4, -0.2) is 11.5 Å². The Bertz CT molecular complexity index is 839. The molecule has 0 bridgehead atoms. The summed E-state index contributed by atoms with van der Waals surface area (Å²) in [5.41, 5.74) is 10.7. The van der Waals surface area contributed by atoms with Gasteiger partial charge in [0.25, 0.3) is 0 Å². The number of halogens is 2. The van der Waals surface area contributed by atoms with Gasteiger partial charge in [0.1, 0.15) is 5.82 Å². The van der Waals surface area contributed by atoms with Crippen LogP contribution in [0.2, 0.25) is 5.02 Å². The molecular formula is C19H20ClFN2. The summed E-state index contributed by atoms with van der Waals surface area (Å²) < 4.78 is 13.6. The molecule has 1 heterocycles. The normalized spacial score (nSPS) is 11.3. The van der Waals surface area contributed by atoms with Crippen molar-refractivity contribution in [1.29, 1.82) is 0 Å². The molecule has 0 radical (unpaired) electrons. The summed E-state index contributed by atoms with van der Waals surface area (Å²) in [7, 11) is 0. The highest BCUT2D eigenvalue weighted by atomic mass is 35.5. The van der Waals surface area contributed by atoms with Crippen LogP contribution in [0, 0.1) is 12.7 Å². The fourth-order valence-electron chi connectivity index (χ4n) is 3.05. The Hall–Kier alpha value is -1.84. The zero-order valence-corrected chi connectivity index (χ0v) is 13.9. The van der Waals surface area contributed by atoms with E-state index in [-0.39, 0.29) is 5.82 Å². The van der Waals surface area contributed by atoms with Crippen molar-refractivity contribution in [3.63, 3.8) is 0 Å². The minimum atomic E-state index is -0.239. The number of hydrogen-bond donors (Lipinski definition) is 2. The van der Waals surface area contributed by atoms with Crippen molar-refractivity contribution in [1.82, 2.24) is 4.98 Å². The first kappa shape index (κ1) is 16.0. The molecular weight excluding hydrogens is 311 g/mol. The van der Waals surface area contributed by atoms with Crippen molar-refractivity contribution >= 4 is 22.5 Å². The topological polar surface area (TPSA) is 41.8 Å². The molecule has 0 atom stereocenters. The summed E-state index contributed by atoms with van der Waals surface area (Å²) in [5, 5.41) is 1.77. The smallest absolute Gasteiger partial charge is 0.123 e. The van der Waals surface area contributed by atoms with E-state index in [1.54, 1.807) is 12.1 Å². The van der Waals surface area contributed by atoms with E-state index in [0.717, 1.165) is 57.6 Å². The molecule has 3 aromatic rings. The Morgan fingerprint density at radius 1 is 1.17 bits per heavy atom. The summed E-state index contributed by atoms with van der Waals surface area (Å²) >= 11 is 6.46. The highest BCUT2D eigenvalue weighted by Gasteiger charge is 2.17. The van der Waals surface area contributed by atoms with Crippen LogP contribution in [0.3, 0.4) is 0 Å². The number of aromatic amines is 1. The number of rotatable bonds is 5. The Kier molecular flexibility index (Phi) is 4.69. The summed E-state index contributed by atoms with van der Waals surface area (Å²) in [6.45, 7) is 2.72. The minimum absolute atomic E-state index is 0.239. The SMILES string of the molecule is Cc1ccc(Cl)c2c(CCCCN)c(-c3cccc(F)c3)[nH]c12. The predicted molar refractivity (Wildman–Crippen MR) is 95.4 cm³/mol. The molecule has 0 aliphatic heterocycles. The molecule has 0 aliphatic rings. The van der Waals surface area contributed by atoms with Crippen molar-refractivity contribution in [3.8, 4) is 11.3 Å². The fraction of sp³-hybridized carbons (Fsp3) is 0.263. The van der Waals surface area contributed by atoms with E-state index < -0.39 is 0 Å². The van der Waals surface area contributed by atoms with Crippen LogP contribution >= 0.6 is 11.6 Å². The lowest BCUT2D eigenvalue weighted by molar-refractivity contribution is 0.628. The Morgan fingerprint density at radius 3 is 2.74 bits per heavy atom. The molecule has 0 saturated heterocycles. The van der Waals surface area contributed by atoms with Crippen molar-refractivity contribution in [2.24, 2.45) is 5.73 Å². The van der Waals surface area contributed by atoms with Crippen molar-refractivity contribution in [3.05, 3.63) is 58.4 Å². The Labute approximate surface area is 140 Å². The summed E-state index contributed by atoms with van der Waals surface area (Å²) in [5.74, 6) is -0.239. The number of nitrogens with two attached hydrogens (primary N) is 1. The second-order valence-corrected chi connectivity index (χ2v) is 6.26. The van der Waals surface area contributed by atoms with Gasteiger partial charge in [-0.15, -0.1) is 0 Å². The third-order valence-corrected chi connectivity index (χ3v) is 4.53. The molecule has 2 aromatic carbocycles. The van der Waals surface area contributed by atoms with Gasteiger partial charge in [0, 0.05) is 16.6 Å². The first-order valence-corrected chi connectivity index (χ1v) is 8.25. The number of aromatic nitrogens is 1. The molecule has 3 rings (SSSR count). The van der Waals surface area contributed by atoms with Crippen LogP contribution in [0.25, 0.3) is 22.2 Å². The molecule has 120 valence electrons. The second-order valence-electron chi connectivity index (χ2n) is 5.85. The van der Waals surface area contributed by atoms with Gasteiger partial charge >= 0.3 is 0 Å². The zero-order valence-electron chi connectivity index (χ0n) is 13.1. The van der Waals surface area contributed by atoms with Gasteiger partial charge < -0.3 is 10.7 Å². The third-order valence-electron chi connectivity index (χ3n) is 4.21. The van der Waals surface area contributed by atoms with Gasteiger partial charge in [-0.2, -0.15) is 0 Å². The van der Waals surface area contributed by atoms with Crippen molar-refractivity contribution in [2.75, 3.05) is 6.54 Å². The minimum Gasteiger partial charge on any atom is -0.354 e. The third kappa shape index (κ3) is 3.12. The van der Waals surface area contributed by atoms with Crippen LogP contribution < -0.4 is 5.73 Å². The van der Waals surface area contributed by atoms with Crippen LogP contribution in [0.1, 0.15) is 24.0 Å². The number of fused-ring (bicyclic) bond motifs is 1. The number of benzene rings is 2. The van der Waals surface area contributed by atoms with E-state index in [9.17, 15) is 4.39 Å². The first-order valence-electron chi connectivity index (χ1n) is 7.87. The number of hydrogen-bond acceptors (Lipinski definition) is 1. The molecule has 1 aromatic heterocycles. The van der Waals surface area contributed by atoms with Crippen LogP contribution in [0.15, 0.2) is 36.4 Å². The molecule has 0 fully saturated rings. The van der Waals surface area contributed by atoms with Gasteiger partial charge in [-0.3, -0.25) is 0 Å². The number of aryl methyl sites for hydroxylation is 2. The van der Waals surface area contributed by atoms with E-state index in [1.165, 1.54) is 6.07 Å². The highest BCUT2D eigenvalue weighted by Crippen LogP contribution is 2.37. The van der Waals surface area contributed by atoms with E-state index in [1.807, 2.05) is 25.1 Å². The van der Waals surface area contributed by atoms with Crippen molar-refractivity contribution in [2.45, 2.75) is 26.2 Å². The summed E-state index contributed by atoms with van der Waals surface area (Å²) in [4.78, 5) is 3.46. The van der Waals surface area contributed by atoms with Gasteiger partial charge in [0.05, 0.1) is 10.5 Å². The maximum atomic E-state index is 13.6. The molecule has 0 saturated carbocycles. The van der Waals surface area contributed by atoms with Gasteiger partial charge in [-0.25, -0.2) is 4.39 Å². The number of nitrogens with one attached hydrogen (secondary N) is 1. The zero-order chi connectivity index (χ0) is 16.4. The fourth-order valence-corrected chi connectivity index (χ4v) is 3.32. The molecule has 2 nitrogen and oxygen atoms in total. The summed E-state index contributed by atoms with van der Waals surface area (Å²) in [6.07, 6.45) is 2.81. The van der Waals surface area contributed by atoms with E-state index in [4.69, 9.17) is 17.3 Å². The first-order chi connectivity index (χ1) is 11.1. The largest absolute Gasteiger partial charge is 0.354 e. The Morgan fingerprint density at radius 2 is 2.00 bits per heavy atom. The lowest BCUT2D eigenvalue weighted by atomic mass is 9.99. The molecule has 0 unspecified atom stereocenters. The van der Waals surface area contributed by atoms with Crippen LogP contribution in [0.5, 0.6) is 0 Å². The average Bonchev–Trinajstić information content (AvgIpc) is 2.92. The molecule has 0 spiro atoms. The summed E-state index contributed by atoms with van der Waals surface area (Å²) in [6, 6.07) is 10.6. The standard InChI is InChI=1S/C19H20ClFN2/c1-12-8-9-16(20)17-15(7-2-3-10-22)19(23-18(12)17)13-5-4-6-14(21)11-13/h4-6,8-9,11,23H,2-3,7,10,22H2,1H3. The highest BCUT2D eigenvalue weighted by molar-refractivity contribution is 6.36. The Balaban J connectivity index is 2.21.